The Kier molecular flexibility index (Phi) is 9.57. The summed E-state index contributed by atoms with van der Waals surface area (Å²) < 4.78 is 27.5. The highest BCUT2D eigenvalue weighted by molar-refractivity contribution is 7.36. The molecule has 0 radical (unpaired) electrons. The summed E-state index contributed by atoms with van der Waals surface area (Å²) in [6.45, 7) is 5.99. The van der Waals surface area contributed by atoms with E-state index in [-0.39, 0.29) is 11.9 Å². The molecule has 0 saturated heterocycles. The van der Waals surface area contributed by atoms with Crippen molar-refractivity contribution in [3.8, 4) is 0 Å². The molecule has 4 nitrogen and oxygen atoms in total. The van der Waals surface area contributed by atoms with Gasteiger partial charge in [-0.2, -0.15) is 0 Å². The van der Waals surface area contributed by atoms with Crippen molar-refractivity contribution in [2.45, 2.75) is 59.3 Å². The van der Waals surface area contributed by atoms with Crippen LogP contribution in [0.3, 0.4) is 0 Å². The number of allylic oxidation sites excluding steroid dienone is 1. The maximum atomic E-state index is 11.8. The van der Waals surface area contributed by atoms with Crippen molar-refractivity contribution in [1.29, 1.82) is 0 Å². The quantitative estimate of drug-likeness (QED) is 0.356. The van der Waals surface area contributed by atoms with Crippen LogP contribution in [0.4, 0.5) is 0 Å². The summed E-state index contributed by atoms with van der Waals surface area (Å²) in [5, 5.41) is 0.263. The second kappa shape index (κ2) is 10.1. The lowest BCUT2D eigenvalue weighted by molar-refractivity contribution is -0.138. The molecule has 0 spiro atoms. The highest BCUT2D eigenvalue weighted by Gasteiger charge is 2.19. The molecular weight excluding hydrogens is 251 g/mol. The van der Waals surface area contributed by atoms with E-state index in [1.165, 1.54) is 0 Å². The van der Waals surface area contributed by atoms with E-state index in [4.69, 9.17) is 4.74 Å². The molecule has 0 saturated carbocycles. The zero-order valence-corrected chi connectivity index (χ0v) is 12.4. The molecule has 0 aliphatic carbocycles. The molecule has 0 amide bonds. The average molecular weight is 274 g/mol. The first-order chi connectivity index (χ1) is 8.58. The Hall–Kier alpha value is -0.890. The van der Waals surface area contributed by atoms with Crippen LogP contribution >= 0.6 is 7.68 Å². The van der Waals surface area contributed by atoms with Crippen LogP contribution in [-0.2, 0) is 18.7 Å². The van der Waals surface area contributed by atoms with Gasteiger partial charge in [0.1, 0.15) is 0 Å². The van der Waals surface area contributed by atoms with Gasteiger partial charge >= 0.3 is 13.6 Å². The van der Waals surface area contributed by atoms with Crippen molar-refractivity contribution < 1.29 is 18.7 Å². The van der Waals surface area contributed by atoms with Crippen LogP contribution in [0.1, 0.15) is 59.3 Å². The molecule has 0 aromatic rings. The van der Waals surface area contributed by atoms with E-state index < -0.39 is 13.6 Å². The van der Waals surface area contributed by atoms with Crippen molar-refractivity contribution in [2.75, 3.05) is 6.61 Å². The molecule has 0 atom stereocenters. The van der Waals surface area contributed by atoms with Gasteiger partial charge in [-0.3, -0.25) is 0 Å². The van der Waals surface area contributed by atoms with E-state index in [0.29, 0.717) is 18.4 Å². The van der Waals surface area contributed by atoms with Gasteiger partial charge in [0.05, 0.1) is 17.5 Å². The number of ether oxygens (including phenoxy) is 1. The molecule has 0 unspecified atom stereocenters. The summed E-state index contributed by atoms with van der Waals surface area (Å²) in [5.41, 5.74) is 0.350. The van der Waals surface area contributed by atoms with Gasteiger partial charge in [-0.25, -0.2) is 13.9 Å². The molecule has 0 aromatic carbocycles. The van der Waals surface area contributed by atoms with E-state index >= 15 is 0 Å². The molecule has 0 heterocycles. The molecule has 5 heteroatoms. The summed E-state index contributed by atoms with van der Waals surface area (Å²) >= 11 is 0. The van der Waals surface area contributed by atoms with Crippen LogP contribution in [-0.4, -0.2) is 12.6 Å². The largest absolute Gasteiger partial charge is 0.463 e. The third-order valence-electron chi connectivity index (χ3n) is 2.64. The smallest absolute Gasteiger partial charge is 0.345 e. The van der Waals surface area contributed by atoms with Crippen LogP contribution in [0.5, 0.6) is 0 Å². The van der Waals surface area contributed by atoms with Crippen molar-refractivity contribution >= 4 is 13.6 Å². The van der Waals surface area contributed by atoms with Gasteiger partial charge in [-0.1, -0.05) is 26.7 Å². The van der Waals surface area contributed by atoms with Gasteiger partial charge in [0.2, 0.25) is 0 Å². The van der Waals surface area contributed by atoms with Crippen LogP contribution in [0.25, 0.3) is 0 Å². The molecule has 0 aliphatic rings. The lowest BCUT2D eigenvalue weighted by Gasteiger charge is -2.09. The zero-order valence-electron chi connectivity index (χ0n) is 11.5. The van der Waals surface area contributed by atoms with Gasteiger partial charge in [0.25, 0.3) is 0 Å². The van der Waals surface area contributed by atoms with Crippen LogP contribution in [0.2, 0.25) is 0 Å². The van der Waals surface area contributed by atoms with Gasteiger partial charge in [0, 0.05) is 0 Å². The highest BCUT2D eigenvalue weighted by atomic mass is 31.1. The standard InChI is InChI=1S/C13H23O4P/c1-4-7-9-11(13(14)17-6-3)12(18(15)16)10-8-5-2/h4-10H2,1-3H3. The third kappa shape index (κ3) is 6.15. The first-order valence-electron chi connectivity index (χ1n) is 6.61. The van der Waals surface area contributed by atoms with Crippen molar-refractivity contribution in [3.05, 3.63) is 10.9 Å². The number of unbranched alkanes of at least 4 members (excludes halogenated alkanes) is 2. The molecule has 0 aromatic heterocycles. The predicted octanol–water partition coefficient (Wildman–Crippen LogP) is 4.36. The van der Waals surface area contributed by atoms with Crippen LogP contribution in [0, 0.1) is 0 Å². The molecule has 0 fully saturated rings. The maximum Gasteiger partial charge on any atom is 0.345 e. The van der Waals surface area contributed by atoms with Crippen LogP contribution in [0.15, 0.2) is 10.9 Å². The fourth-order valence-corrected chi connectivity index (χ4v) is 2.40. The molecule has 104 valence electrons. The number of rotatable bonds is 9. The van der Waals surface area contributed by atoms with Gasteiger partial charge in [0.15, 0.2) is 0 Å². The third-order valence-corrected chi connectivity index (χ3v) is 3.57. The number of hydrogen-bond acceptors (Lipinski definition) is 4. The SMILES string of the molecule is CCCCC(C(=O)OCC)=C(CCCC)P(=O)=O. The Bertz CT molecular complexity index is 348. The van der Waals surface area contributed by atoms with E-state index in [1.54, 1.807) is 6.92 Å². The van der Waals surface area contributed by atoms with Crippen LogP contribution < -0.4 is 0 Å². The molecular formula is C13H23O4P. The normalized spacial score (nSPS) is 11.9. The highest BCUT2D eigenvalue weighted by Crippen LogP contribution is 2.31. The number of hydrogen-bond donors (Lipinski definition) is 0. The minimum absolute atomic E-state index is 0.263. The number of carbonyl (C=O) groups excluding carboxylic acids is 1. The molecule has 18 heavy (non-hydrogen) atoms. The fraction of sp³-hybridized carbons (Fsp3) is 0.769. The monoisotopic (exact) mass is 274 g/mol. The minimum Gasteiger partial charge on any atom is -0.463 e. The maximum absolute atomic E-state index is 11.8. The second-order valence-electron chi connectivity index (χ2n) is 4.11. The first-order valence-corrected chi connectivity index (χ1v) is 7.79. The van der Waals surface area contributed by atoms with Gasteiger partial charge in [-0.15, -0.1) is 0 Å². The average Bonchev–Trinajstić information content (AvgIpc) is 2.33. The molecule has 0 rings (SSSR count). The van der Waals surface area contributed by atoms with E-state index in [1.807, 2.05) is 13.8 Å². The summed E-state index contributed by atoms with van der Waals surface area (Å²) in [6.07, 6.45) is 4.31. The number of esters is 1. The molecule has 0 bridgehead atoms. The van der Waals surface area contributed by atoms with Crippen molar-refractivity contribution in [2.24, 2.45) is 0 Å². The second-order valence-corrected chi connectivity index (χ2v) is 5.16. The Morgan fingerprint density at radius 1 is 1.00 bits per heavy atom. The fourth-order valence-electron chi connectivity index (χ4n) is 1.63. The van der Waals surface area contributed by atoms with Gasteiger partial charge < -0.3 is 4.74 Å². The Morgan fingerprint density at radius 3 is 2.00 bits per heavy atom. The van der Waals surface area contributed by atoms with Crippen molar-refractivity contribution in [3.63, 3.8) is 0 Å². The Labute approximate surface area is 110 Å². The van der Waals surface area contributed by atoms with Crippen molar-refractivity contribution in [1.82, 2.24) is 0 Å². The topological polar surface area (TPSA) is 60.4 Å². The molecule has 0 N–H and O–H groups in total. The number of carbonyl (C=O) groups is 1. The Balaban J connectivity index is 5.18. The van der Waals surface area contributed by atoms with E-state index in [9.17, 15) is 13.9 Å². The molecule has 0 aliphatic heterocycles. The van der Waals surface area contributed by atoms with E-state index in [0.717, 1.165) is 25.7 Å². The minimum atomic E-state index is -2.70. The summed E-state index contributed by atoms with van der Waals surface area (Å²) in [6, 6.07) is 0. The van der Waals surface area contributed by atoms with E-state index in [2.05, 4.69) is 0 Å². The predicted molar refractivity (Wildman–Crippen MR) is 71.0 cm³/mol. The lowest BCUT2D eigenvalue weighted by Crippen LogP contribution is -2.09. The summed E-state index contributed by atoms with van der Waals surface area (Å²) in [5.74, 6) is -0.476. The summed E-state index contributed by atoms with van der Waals surface area (Å²) in [7, 11) is -2.70. The Morgan fingerprint density at radius 2 is 1.56 bits per heavy atom. The lowest BCUT2D eigenvalue weighted by atomic mass is 10.1. The summed E-state index contributed by atoms with van der Waals surface area (Å²) in [4.78, 5) is 11.8. The van der Waals surface area contributed by atoms with Gasteiger partial charge in [-0.05, 0) is 32.6 Å². The zero-order chi connectivity index (χ0) is 14.0. The first kappa shape index (κ1) is 17.1.